The summed E-state index contributed by atoms with van der Waals surface area (Å²) < 4.78 is 120. The van der Waals surface area contributed by atoms with Gasteiger partial charge < -0.3 is 29.4 Å². The lowest BCUT2D eigenvalue weighted by Crippen LogP contribution is -2.07. The average Bonchev–Trinajstić information content (AvgIpc) is 2.80. The molecule has 0 amide bonds. The summed E-state index contributed by atoms with van der Waals surface area (Å²) in [5.74, 6) is -0.290. The minimum Gasteiger partial charge on any atom is -0.302 e. The van der Waals surface area contributed by atoms with Gasteiger partial charge in [0.05, 0.1) is 13.2 Å². The molecule has 0 radical (unpaired) electrons. The third-order valence-corrected chi connectivity index (χ3v) is 8.57. The van der Waals surface area contributed by atoms with Crippen LogP contribution in [0.3, 0.4) is 0 Å². The molecule has 0 rings (SSSR count). The Kier molecular flexibility index (Phi) is 19.8. The molecule has 0 spiro atoms. The maximum absolute atomic E-state index is 11.7. The molecule has 0 bridgehead atoms. The van der Waals surface area contributed by atoms with E-state index in [1.54, 1.807) is 27.7 Å². The highest BCUT2D eigenvalue weighted by molar-refractivity contribution is 7.49. The summed E-state index contributed by atoms with van der Waals surface area (Å²) in [5.41, 5.74) is 0. The van der Waals surface area contributed by atoms with Gasteiger partial charge in [-0.1, -0.05) is 27.7 Å². The van der Waals surface area contributed by atoms with Gasteiger partial charge >= 0.3 is 46.9 Å². The molecule has 6 unspecified atom stereocenters. The zero-order chi connectivity index (χ0) is 33.6. The summed E-state index contributed by atoms with van der Waals surface area (Å²) in [6, 6.07) is 0. The average molecular weight is 760 g/mol. The van der Waals surface area contributed by atoms with E-state index in [0.717, 1.165) is 0 Å². The van der Waals surface area contributed by atoms with Crippen molar-refractivity contribution < 1.29 is 111 Å². The fourth-order valence-corrected chi connectivity index (χ4v) is 5.19. The Balaban J connectivity index is 4.36. The largest absolute Gasteiger partial charge is 0.476 e. The summed E-state index contributed by atoms with van der Waals surface area (Å²) in [6.07, 6.45) is 0. The molecule has 30 heteroatoms. The molecule has 0 aromatic heterocycles. The Morgan fingerprint density at radius 3 is 0.628 bits per heavy atom. The summed E-state index contributed by atoms with van der Waals surface area (Å²) >= 11 is 0. The number of phosphoric ester groups is 6. The van der Waals surface area contributed by atoms with Crippen LogP contribution >= 0.6 is 46.9 Å². The highest BCUT2D eigenvalue weighted by Gasteiger charge is 2.32. The first-order chi connectivity index (χ1) is 19.4. The molecule has 0 aliphatic rings. The Labute approximate surface area is 245 Å². The number of rotatable bonds is 26. The van der Waals surface area contributed by atoms with E-state index in [1.807, 2.05) is 0 Å². The van der Waals surface area contributed by atoms with E-state index in [-0.39, 0.29) is 25.0 Å². The maximum atomic E-state index is 11.7. The predicted molar refractivity (Wildman–Crippen MR) is 136 cm³/mol. The van der Waals surface area contributed by atoms with Gasteiger partial charge in [-0.05, 0) is 11.8 Å². The second-order valence-electron chi connectivity index (χ2n) is 8.07. The van der Waals surface area contributed by atoms with Crippen LogP contribution in [0.25, 0.3) is 0 Å². The van der Waals surface area contributed by atoms with Crippen molar-refractivity contribution in [2.75, 3.05) is 47.2 Å². The zero-order valence-electron chi connectivity index (χ0n) is 22.8. The van der Waals surface area contributed by atoms with E-state index < -0.39 is 80.9 Å². The molecule has 0 fully saturated rings. The van der Waals surface area contributed by atoms with Gasteiger partial charge in [-0.25, -0.2) is 27.4 Å². The molecule has 260 valence electrons. The van der Waals surface area contributed by atoms with Crippen molar-refractivity contribution in [2.45, 2.75) is 27.7 Å². The first-order valence-electron chi connectivity index (χ1n) is 11.1. The highest BCUT2D eigenvalue weighted by Crippen LogP contribution is 2.52. The van der Waals surface area contributed by atoms with Gasteiger partial charge in [0.1, 0.15) is 0 Å². The standard InChI is InChI=1S/C13H34O24P6/c1-12(2)5-26-38(14,15)28-7-30-40(18,19)32-9-34-42(22,23)36-11-37-43(24,25)35-10-33-41(20,21)31-8-29-39(16,17)27-6-13(3)4/h12-13H,5-11H2,1-4H3,(H,14,15)(H,16,17)(H,18,19)(H,20,21)(H,22,23)(H,24,25). The van der Waals surface area contributed by atoms with Crippen LogP contribution in [0.4, 0.5) is 0 Å². The first-order valence-corrected chi connectivity index (χ1v) is 20.0. The molecule has 0 aliphatic heterocycles. The molecule has 0 aromatic carbocycles. The van der Waals surface area contributed by atoms with Crippen molar-refractivity contribution in [1.82, 2.24) is 0 Å². The number of phosphoric acid groups is 6. The Morgan fingerprint density at radius 2 is 0.488 bits per heavy atom. The van der Waals surface area contributed by atoms with Crippen molar-refractivity contribution in [3.8, 4) is 0 Å². The topological polar surface area (TPSA) is 335 Å². The van der Waals surface area contributed by atoms with E-state index in [1.165, 1.54) is 0 Å². The lowest BCUT2D eigenvalue weighted by molar-refractivity contribution is -0.0130. The molecule has 6 atom stereocenters. The second-order valence-corrected chi connectivity index (χ2v) is 16.8. The van der Waals surface area contributed by atoms with Crippen LogP contribution in [-0.2, 0) is 81.7 Å². The molecule has 0 aromatic rings. The maximum Gasteiger partial charge on any atom is 0.476 e. The monoisotopic (exact) mass is 760 g/mol. The fourth-order valence-electron chi connectivity index (χ4n) is 1.49. The molecule has 43 heavy (non-hydrogen) atoms. The molecule has 0 saturated carbocycles. The molecule has 0 saturated heterocycles. The molecular formula is C13H34O24P6. The van der Waals surface area contributed by atoms with E-state index in [9.17, 15) is 56.8 Å². The van der Waals surface area contributed by atoms with Crippen LogP contribution in [0.5, 0.6) is 0 Å². The molecule has 0 aliphatic carbocycles. The van der Waals surface area contributed by atoms with E-state index in [4.69, 9.17) is 0 Å². The van der Waals surface area contributed by atoms with Gasteiger partial charge in [0.15, 0.2) is 34.0 Å². The van der Waals surface area contributed by atoms with Crippen LogP contribution in [0.15, 0.2) is 0 Å². The predicted octanol–water partition coefficient (Wildman–Crippen LogP) is 2.89. The lowest BCUT2D eigenvalue weighted by Gasteiger charge is -2.17. The van der Waals surface area contributed by atoms with Gasteiger partial charge in [0.2, 0.25) is 0 Å². The Hall–Kier alpha value is 0.660. The minimum absolute atomic E-state index is 0.145. The summed E-state index contributed by atoms with van der Waals surface area (Å²) in [4.78, 5) is 56.3. The Bertz CT molecular complexity index is 1030. The van der Waals surface area contributed by atoms with Crippen molar-refractivity contribution in [2.24, 2.45) is 11.8 Å². The SMILES string of the molecule is CC(C)COP(=O)(O)OCOP(=O)(O)OCOP(=O)(O)OCOP(=O)(O)OCOP(=O)(O)OCOP(=O)(O)OCC(C)C. The quantitative estimate of drug-likeness (QED) is 0.0545. The van der Waals surface area contributed by atoms with Gasteiger partial charge in [-0.2, -0.15) is 0 Å². The second kappa shape index (κ2) is 19.5. The van der Waals surface area contributed by atoms with Gasteiger partial charge in [-0.15, -0.1) is 0 Å². The smallest absolute Gasteiger partial charge is 0.302 e. The summed E-state index contributed by atoms with van der Waals surface area (Å²) in [5, 5.41) is 0. The fraction of sp³-hybridized carbons (Fsp3) is 1.00. The first kappa shape index (κ1) is 43.7. The van der Waals surface area contributed by atoms with E-state index in [0.29, 0.717) is 0 Å². The van der Waals surface area contributed by atoms with E-state index in [2.05, 4.69) is 54.3 Å². The van der Waals surface area contributed by atoms with E-state index >= 15 is 0 Å². The van der Waals surface area contributed by atoms with Gasteiger partial charge in [0.25, 0.3) is 0 Å². The van der Waals surface area contributed by atoms with Crippen LogP contribution in [-0.4, -0.2) is 76.5 Å². The third-order valence-electron chi connectivity index (χ3n) is 3.30. The normalized spacial score (nSPS) is 20.9. The van der Waals surface area contributed by atoms with Gasteiger partial charge in [0, 0.05) is 0 Å². The highest BCUT2D eigenvalue weighted by atomic mass is 31.2. The van der Waals surface area contributed by atoms with Crippen molar-refractivity contribution in [3.63, 3.8) is 0 Å². The molecule has 0 heterocycles. The van der Waals surface area contributed by atoms with Crippen molar-refractivity contribution in [1.29, 1.82) is 0 Å². The van der Waals surface area contributed by atoms with Crippen LogP contribution in [0.2, 0.25) is 0 Å². The lowest BCUT2D eigenvalue weighted by atomic mass is 10.2. The van der Waals surface area contributed by atoms with Crippen molar-refractivity contribution >= 4 is 46.9 Å². The summed E-state index contributed by atoms with van der Waals surface area (Å²) in [7, 11) is -29.8. The van der Waals surface area contributed by atoms with Gasteiger partial charge in [-0.3, -0.25) is 54.3 Å². The minimum atomic E-state index is -5.19. The van der Waals surface area contributed by atoms with Crippen LogP contribution in [0.1, 0.15) is 27.7 Å². The van der Waals surface area contributed by atoms with Crippen LogP contribution < -0.4 is 0 Å². The van der Waals surface area contributed by atoms with Crippen LogP contribution in [0, 0.1) is 11.8 Å². The zero-order valence-corrected chi connectivity index (χ0v) is 28.2. The Morgan fingerprint density at radius 1 is 0.349 bits per heavy atom. The summed E-state index contributed by atoms with van der Waals surface area (Å²) in [6.45, 7) is -0.707. The molecular weight excluding hydrogens is 726 g/mol. The third kappa shape index (κ3) is 25.4. The number of hydrogen-bond donors (Lipinski definition) is 6. The van der Waals surface area contributed by atoms with Crippen molar-refractivity contribution in [3.05, 3.63) is 0 Å². The molecule has 24 nitrogen and oxygen atoms in total. The molecule has 6 N–H and O–H groups in total. The number of hydrogen-bond acceptors (Lipinski definition) is 18.